The van der Waals surface area contributed by atoms with Gasteiger partial charge in [-0.05, 0) is 0 Å². The Morgan fingerprint density at radius 3 is 2.50 bits per heavy atom. The minimum atomic E-state index is -0.858. The first-order chi connectivity index (χ1) is 4.61. The molecule has 0 N–H and O–H groups in total. The van der Waals surface area contributed by atoms with E-state index in [1.165, 1.54) is 4.90 Å². The Hall–Kier alpha value is -0.130. The van der Waals surface area contributed by atoms with Crippen LogP contribution in [0.4, 0.5) is 4.39 Å². The number of carbonyl (C=O) groups is 1. The number of rotatable bonds is 1. The highest BCUT2D eigenvalue weighted by Crippen LogP contribution is 2.18. The molecule has 56 valence electrons. The summed E-state index contributed by atoms with van der Waals surface area (Å²) in [5.41, 5.74) is 0. The van der Waals surface area contributed by atoms with Crippen molar-refractivity contribution in [1.82, 2.24) is 4.90 Å². The Morgan fingerprint density at radius 2 is 2.20 bits per heavy atom. The number of nitrogens with zero attached hydrogens (tertiary/aromatic N) is 1. The summed E-state index contributed by atoms with van der Waals surface area (Å²) < 4.78 is 12.6. The molecule has 1 amide bonds. The molecule has 0 aromatic heterocycles. The van der Waals surface area contributed by atoms with E-state index >= 15 is 0 Å². The molecule has 0 aromatic rings. The fourth-order valence-electron chi connectivity index (χ4n) is 0.762. The van der Waals surface area contributed by atoms with Crippen molar-refractivity contribution in [1.29, 1.82) is 0 Å². The van der Waals surface area contributed by atoms with Crippen LogP contribution < -0.4 is 0 Å². The van der Waals surface area contributed by atoms with Crippen molar-refractivity contribution in [2.75, 3.05) is 13.1 Å². The molecule has 1 aliphatic rings. The third-order valence-corrected chi connectivity index (χ3v) is 2.14. The molecule has 0 atom stereocenters. The minimum absolute atomic E-state index is 0.487. The highest BCUT2D eigenvalue weighted by atomic mass is 127. The molecule has 0 radical (unpaired) electrons. The van der Waals surface area contributed by atoms with Gasteiger partial charge in [0.15, 0.2) is 5.83 Å². The molecule has 1 fully saturated rings. The molecule has 1 aliphatic heterocycles. The lowest BCUT2D eigenvalue weighted by Crippen LogP contribution is -2.50. The third-order valence-electron chi connectivity index (χ3n) is 1.36. The van der Waals surface area contributed by atoms with Gasteiger partial charge in [0.05, 0.1) is 0 Å². The quantitative estimate of drug-likeness (QED) is 0.390. The predicted molar refractivity (Wildman–Crippen MR) is 44.6 cm³/mol. The van der Waals surface area contributed by atoms with Crippen LogP contribution in [0, 0.1) is 0 Å². The van der Waals surface area contributed by atoms with Crippen LogP contribution in [0.5, 0.6) is 0 Å². The van der Waals surface area contributed by atoms with E-state index < -0.39 is 11.7 Å². The van der Waals surface area contributed by atoms with Crippen LogP contribution in [0.3, 0.4) is 0 Å². The van der Waals surface area contributed by atoms with E-state index in [0.717, 1.165) is 0 Å². The molecular formula is C6H7FINO. The summed E-state index contributed by atoms with van der Waals surface area (Å²) in [6.45, 7) is 4.23. The van der Waals surface area contributed by atoms with E-state index in [1.54, 1.807) is 0 Å². The maximum Gasteiger partial charge on any atom is 0.282 e. The summed E-state index contributed by atoms with van der Waals surface area (Å²) in [5, 5.41) is 0. The average Bonchev–Trinajstić information content (AvgIpc) is 1.79. The van der Waals surface area contributed by atoms with Crippen molar-refractivity contribution in [3.8, 4) is 0 Å². The number of amides is 1. The van der Waals surface area contributed by atoms with Gasteiger partial charge in [0.2, 0.25) is 0 Å². The van der Waals surface area contributed by atoms with Gasteiger partial charge in [-0.25, -0.2) is 4.39 Å². The predicted octanol–water partition coefficient (Wildman–Crippen LogP) is 1.12. The summed E-state index contributed by atoms with van der Waals surface area (Å²) in [7, 11) is 0. The highest BCUT2D eigenvalue weighted by molar-refractivity contribution is 14.1. The molecule has 0 spiro atoms. The van der Waals surface area contributed by atoms with Crippen LogP contribution in [0.25, 0.3) is 0 Å². The highest BCUT2D eigenvalue weighted by Gasteiger charge is 2.29. The largest absolute Gasteiger partial charge is 0.334 e. The molecular weight excluding hydrogens is 248 g/mol. The number of hydrogen-bond acceptors (Lipinski definition) is 1. The van der Waals surface area contributed by atoms with Crippen LogP contribution in [-0.4, -0.2) is 27.8 Å². The smallest absolute Gasteiger partial charge is 0.282 e. The van der Waals surface area contributed by atoms with E-state index in [0.29, 0.717) is 17.0 Å². The summed E-state index contributed by atoms with van der Waals surface area (Å²) in [4.78, 5) is 12.2. The van der Waals surface area contributed by atoms with Crippen LogP contribution in [0.2, 0.25) is 0 Å². The van der Waals surface area contributed by atoms with Gasteiger partial charge in [-0.1, -0.05) is 29.2 Å². The molecule has 0 saturated carbocycles. The van der Waals surface area contributed by atoms with Gasteiger partial charge < -0.3 is 4.90 Å². The lowest BCUT2D eigenvalue weighted by molar-refractivity contribution is -0.131. The number of hydrogen-bond donors (Lipinski definition) is 0. The standard InChI is InChI=1S/C6H7FINO/c1-4(7)6(10)9-2-5(8)3-9/h5H,1-3H2. The van der Waals surface area contributed by atoms with Crippen LogP contribution in [0.15, 0.2) is 12.4 Å². The Kier molecular flexibility index (Phi) is 2.28. The van der Waals surface area contributed by atoms with Crippen molar-refractivity contribution in [3.63, 3.8) is 0 Å². The minimum Gasteiger partial charge on any atom is -0.334 e. The molecule has 0 aliphatic carbocycles. The van der Waals surface area contributed by atoms with Crippen LogP contribution in [0.1, 0.15) is 0 Å². The Balaban J connectivity index is 2.38. The number of alkyl halides is 1. The average molecular weight is 255 g/mol. The van der Waals surface area contributed by atoms with Gasteiger partial charge >= 0.3 is 0 Å². The van der Waals surface area contributed by atoms with Crippen molar-refractivity contribution in [3.05, 3.63) is 12.4 Å². The zero-order chi connectivity index (χ0) is 7.72. The first-order valence-corrected chi connectivity index (χ1v) is 4.13. The molecule has 1 saturated heterocycles. The van der Waals surface area contributed by atoms with Gasteiger partial charge in [-0.2, -0.15) is 0 Å². The first kappa shape index (κ1) is 7.97. The third kappa shape index (κ3) is 1.47. The number of halogens is 2. The lowest BCUT2D eigenvalue weighted by atomic mass is 10.2. The van der Waals surface area contributed by atoms with E-state index in [4.69, 9.17) is 0 Å². The maximum absolute atomic E-state index is 12.1. The van der Waals surface area contributed by atoms with Crippen molar-refractivity contribution in [2.45, 2.75) is 3.92 Å². The van der Waals surface area contributed by atoms with Gasteiger partial charge in [-0.15, -0.1) is 0 Å². The topological polar surface area (TPSA) is 20.3 Å². The van der Waals surface area contributed by atoms with Crippen molar-refractivity contribution >= 4 is 28.5 Å². The lowest BCUT2D eigenvalue weighted by Gasteiger charge is -2.35. The van der Waals surface area contributed by atoms with Crippen molar-refractivity contribution < 1.29 is 9.18 Å². The zero-order valence-electron chi connectivity index (χ0n) is 5.31. The van der Waals surface area contributed by atoms with E-state index in [2.05, 4.69) is 29.2 Å². The second kappa shape index (κ2) is 2.86. The zero-order valence-corrected chi connectivity index (χ0v) is 7.47. The fourth-order valence-corrected chi connectivity index (χ4v) is 1.71. The summed E-state index contributed by atoms with van der Waals surface area (Å²) in [6, 6.07) is 0. The fraction of sp³-hybridized carbons (Fsp3) is 0.500. The molecule has 1 rings (SSSR count). The van der Waals surface area contributed by atoms with Crippen LogP contribution in [-0.2, 0) is 4.79 Å². The molecule has 0 unspecified atom stereocenters. The van der Waals surface area contributed by atoms with E-state index in [1.807, 2.05) is 0 Å². The normalized spacial score (nSPS) is 18.4. The summed E-state index contributed by atoms with van der Waals surface area (Å²) in [6.07, 6.45) is 0. The molecule has 10 heavy (non-hydrogen) atoms. The molecule has 2 nitrogen and oxygen atoms in total. The van der Waals surface area contributed by atoms with Gasteiger partial charge in [0.1, 0.15) is 0 Å². The Labute approximate surface area is 72.2 Å². The monoisotopic (exact) mass is 255 g/mol. The van der Waals surface area contributed by atoms with E-state index in [9.17, 15) is 9.18 Å². The Bertz CT molecular complexity index is 177. The summed E-state index contributed by atoms with van der Waals surface area (Å²) in [5.74, 6) is -1.42. The van der Waals surface area contributed by atoms with Gasteiger partial charge in [-0.3, -0.25) is 4.79 Å². The second-order valence-electron chi connectivity index (χ2n) is 2.21. The molecule has 1 heterocycles. The first-order valence-electron chi connectivity index (χ1n) is 2.89. The molecule has 0 bridgehead atoms. The van der Waals surface area contributed by atoms with Crippen molar-refractivity contribution in [2.24, 2.45) is 0 Å². The number of likely N-dealkylation sites (tertiary alicyclic amines) is 1. The molecule has 0 aromatic carbocycles. The van der Waals surface area contributed by atoms with Crippen LogP contribution >= 0.6 is 22.6 Å². The summed E-state index contributed by atoms with van der Waals surface area (Å²) >= 11 is 2.22. The van der Waals surface area contributed by atoms with E-state index in [-0.39, 0.29) is 0 Å². The maximum atomic E-state index is 12.1. The SMILES string of the molecule is C=C(F)C(=O)N1CC(I)C1. The number of carbonyl (C=O) groups excluding carboxylic acids is 1. The van der Waals surface area contributed by atoms with Gasteiger partial charge in [0, 0.05) is 17.0 Å². The molecule has 4 heteroatoms. The van der Waals surface area contributed by atoms with Gasteiger partial charge in [0.25, 0.3) is 5.91 Å². The Morgan fingerprint density at radius 1 is 1.70 bits per heavy atom. The second-order valence-corrected chi connectivity index (χ2v) is 3.97.